The fourth-order valence-electron chi connectivity index (χ4n) is 0.997. The van der Waals surface area contributed by atoms with Crippen LogP contribution in [-0.4, -0.2) is 24.0 Å². The standard InChI is InChI=1S/C7H4N2O4/c10-2-8-6(12)4-1-5(4)7(13)9-3-11/h4-5H,1H2/t4-,5-/m0/s1. The Bertz CT molecular complexity index is 316. The quantitative estimate of drug-likeness (QED) is 0.416. The second-order valence-electron chi connectivity index (χ2n) is 2.53. The van der Waals surface area contributed by atoms with Crippen molar-refractivity contribution >= 4 is 24.0 Å². The minimum atomic E-state index is -0.686. The average Bonchev–Trinajstić information content (AvgIpc) is 2.84. The number of carbonyl (C=O) groups is 2. The van der Waals surface area contributed by atoms with E-state index in [-0.39, 0.29) is 6.42 Å². The minimum absolute atomic E-state index is 0.286. The van der Waals surface area contributed by atoms with E-state index in [9.17, 15) is 19.2 Å². The number of amides is 2. The van der Waals surface area contributed by atoms with Crippen molar-refractivity contribution in [1.82, 2.24) is 0 Å². The van der Waals surface area contributed by atoms with Gasteiger partial charge in [-0.05, 0) is 6.42 Å². The molecule has 0 aromatic heterocycles. The van der Waals surface area contributed by atoms with Crippen LogP contribution >= 0.6 is 0 Å². The number of nitrogens with zero attached hydrogens (tertiary/aromatic N) is 2. The summed E-state index contributed by atoms with van der Waals surface area (Å²) in [5.41, 5.74) is 0. The van der Waals surface area contributed by atoms with Crippen molar-refractivity contribution in [2.24, 2.45) is 21.8 Å². The van der Waals surface area contributed by atoms with Crippen molar-refractivity contribution in [3.05, 3.63) is 0 Å². The van der Waals surface area contributed by atoms with E-state index in [0.29, 0.717) is 0 Å². The molecule has 1 saturated carbocycles. The third kappa shape index (κ3) is 2.02. The van der Waals surface area contributed by atoms with Crippen LogP contribution in [0.1, 0.15) is 6.42 Å². The lowest BCUT2D eigenvalue weighted by Crippen LogP contribution is -2.04. The van der Waals surface area contributed by atoms with Crippen LogP contribution < -0.4 is 0 Å². The van der Waals surface area contributed by atoms with Gasteiger partial charge in [-0.1, -0.05) is 0 Å². The lowest BCUT2D eigenvalue weighted by molar-refractivity contribution is -0.123. The smallest absolute Gasteiger partial charge is 0.260 e. The molecule has 2 atom stereocenters. The first-order chi connectivity index (χ1) is 6.20. The van der Waals surface area contributed by atoms with E-state index in [0.717, 1.165) is 12.2 Å². The van der Waals surface area contributed by atoms with E-state index in [1.54, 1.807) is 0 Å². The van der Waals surface area contributed by atoms with Gasteiger partial charge in [0.05, 0.1) is 11.8 Å². The van der Waals surface area contributed by atoms with Crippen molar-refractivity contribution in [3.63, 3.8) is 0 Å². The van der Waals surface area contributed by atoms with Gasteiger partial charge in [0.15, 0.2) is 0 Å². The molecule has 13 heavy (non-hydrogen) atoms. The van der Waals surface area contributed by atoms with Crippen molar-refractivity contribution in [3.8, 4) is 0 Å². The third-order valence-electron chi connectivity index (χ3n) is 1.74. The van der Waals surface area contributed by atoms with Crippen LogP contribution in [0.3, 0.4) is 0 Å². The van der Waals surface area contributed by atoms with Crippen LogP contribution in [0, 0.1) is 11.8 Å². The molecule has 1 aliphatic carbocycles. The van der Waals surface area contributed by atoms with Gasteiger partial charge in [0.1, 0.15) is 0 Å². The zero-order valence-corrected chi connectivity index (χ0v) is 6.39. The number of rotatable bonds is 2. The molecule has 1 rings (SSSR count). The maximum absolute atomic E-state index is 10.8. The average molecular weight is 180 g/mol. The maximum Gasteiger partial charge on any atom is 0.260 e. The molecule has 0 aliphatic heterocycles. The summed E-state index contributed by atoms with van der Waals surface area (Å²) in [5, 5.41) is 0. The summed E-state index contributed by atoms with van der Waals surface area (Å²) in [7, 11) is 0. The van der Waals surface area contributed by atoms with Crippen LogP contribution in [0.4, 0.5) is 0 Å². The van der Waals surface area contributed by atoms with Crippen molar-refractivity contribution in [2.45, 2.75) is 6.42 Å². The fraction of sp³-hybridized carbons (Fsp3) is 0.429. The molecule has 6 heteroatoms. The number of hydrogen-bond acceptors (Lipinski definition) is 4. The molecular formula is C7H4N2O4. The monoisotopic (exact) mass is 180 g/mol. The molecule has 0 unspecified atom stereocenters. The molecule has 0 heterocycles. The molecule has 2 amide bonds. The van der Waals surface area contributed by atoms with Gasteiger partial charge in [-0.3, -0.25) is 9.59 Å². The summed E-state index contributed by atoms with van der Waals surface area (Å²) in [6, 6.07) is 0. The molecule has 1 fully saturated rings. The van der Waals surface area contributed by atoms with Crippen LogP contribution in [-0.2, 0) is 19.2 Å². The Morgan fingerprint density at radius 1 is 1.00 bits per heavy atom. The number of isocyanates is 2. The SMILES string of the molecule is O=C=NC(=O)[C@H]1C[C@@H]1C(=O)N=C=O. The van der Waals surface area contributed by atoms with Crippen molar-refractivity contribution < 1.29 is 19.2 Å². The molecule has 0 N–H and O–H groups in total. The van der Waals surface area contributed by atoms with E-state index < -0.39 is 23.7 Å². The zero-order chi connectivity index (χ0) is 9.84. The van der Waals surface area contributed by atoms with Crippen LogP contribution in [0.15, 0.2) is 9.98 Å². The summed E-state index contributed by atoms with van der Waals surface area (Å²) >= 11 is 0. The Labute approximate surface area is 72.4 Å². The van der Waals surface area contributed by atoms with Gasteiger partial charge in [0.25, 0.3) is 11.8 Å². The van der Waals surface area contributed by atoms with Crippen molar-refractivity contribution in [2.75, 3.05) is 0 Å². The first-order valence-corrected chi connectivity index (χ1v) is 3.44. The molecule has 0 aromatic rings. The van der Waals surface area contributed by atoms with Gasteiger partial charge in [-0.25, -0.2) is 9.59 Å². The highest BCUT2D eigenvalue weighted by Gasteiger charge is 2.48. The Hall–Kier alpha value is -1.90. The summed E-state index contributed by atoms with van der Waals surface area (Å²) in [6.45, 7) is 0. The molecular weight excluding hydrogens is 176 g/mol. The summed E-state index contributed by atoms with van der Waals surface area (Å²) in [5.74, 6) is -2.58. The molecule has 0 spiro atoms. The molecule has 0 saturated heterocycles. The third-order valence-corrected chi connectivity index (χ3v) is 1.74. The Balaban J connectivity index is 2.55. The van der Waals surface area contributed by atoms with E-state index in [1.807, 2.05) is 0 Å². The number of aliphatic imine (C=N–C) groups is 2. The summed E-state index contributed by atoms with van der Waals surface area (Å²) in [4.78, 5) is 46.6. The van der Waals surface area contributed by atoms with Crippen molar-refractivity contribution in [1.29, 1.82) is 0 Å². The van der Waals surface area contributed by atoms with Gasteiger partial charge in [-0.2, -0.15) is 0 Å². The van der Waals surface area contributed by atoms with Gasteiger partial charge in [0, 0.05) is 0 Å². The molecule has 1 aliphatic rings. The van der Waals surface area contributed by atoms with E-state index in [1.165, 1.54) is 0 Å². The van der Waals surface area contributed by atoms with Gasteiger partial charge in [-0.15, -0.1) is 9.98 Å². The van der Waals surface area contributed by atoms with Crippen LogP contribution in [0.5, 0.6) is 0 Å². The highest BCUT2D eigenvalue weighted by atomic mass is 16.2. The Kier molecular flexibility index (Phi) is 2.59. The van der Waals surface area contributed by atoms with E-state index in [2.05, 4.69) is 9.98 Å². The van der Waals surface area contributed by atoms with Crippen LogP contribution in [0.2, 0.25) is 0 Å². The topological polar surface area (TPSA) is 93.0 Å². The second kappa shape index (κ2) is 3.67. The van der Waals surface area contributed by atoms with Gasteiger partial charge < -0.3 is 0 Å². The first-order valence-electron chi connectivity index (χ1n) is 3.44. The highest BCUT2D eigenvalue weighted by Crippen LogP contribution is 2.40. The molecule has 6 nitrogen and oxygen atoms in total. The highest BCUT2D eigenvalue weighted by molar-refractivity contribution is 5.95. The largest absolute Gasteiger partial charge is 0.271 e. The number of carbonyl (C=O) groups excluding carboxylic acids is 4. The lowest BCUT2D eigenvalue weighted by atomic mass is 10.3. The molecule has 66 valence electrons. The molecule has 0 bridgehead atoms. The van der Waals surface area contributed by atoms with Gasteiger partial charge >= 0.3 is 0 Å². The zero-order valence-electron chi connectivity index (χ0n) is 6.39. The van der Waals surface area contributed by atoms with Crippen LogP contribution in [0.25, 0.3) is 0 Å². The normalized spacial score (nSPS) is 23.7. The molecule has 0 radical (unpaired) electrons. The Morgan fingerprint density at radius 2 is 1.38 bits per heavy atom. The predicted octanol–water partition coefficient (Wildman–Crippen LogP) is -0.653. The van der Waals surface area contributed by atoms with Gasteiger partial charge in [0.2, 0.25) is 12.2 Å². The minimum Gasteiger partial charge on any atom is -0.271 e. The lowest BCUT2D eigenvalue weighted by Gasteiger charge is -1.85. The fourth-order valence-corrected chi connectivity index (χ4v) is 0.997. The van der Waals surface area contributed by atoms with E-state index in [4.69, 9.17) is 0 Å². The summed E-state index contributed by atoms with van der Waals surface area (Å²) < 4.78 is 0. The van der Waals surface area contributed by atoms with E-state index >= 15 is 0 Å². The summed E-state index contributed by atoms with van der Waals surface area (Å²) in [6.07, 6.45) is 2.46. The first kappa shape index (κ1) is 9.19. The molecule has 0 aromatic carbocycles. The predicted molar refractivity (Wildman–Crippen MR) is 37.9 cm³/mol. The number of hydrogen-bond donors (Lipinski definition) is 0. The maximum atomic E-state index is 10.8. The Morgan fingerprint density at radius 3 is 1.69 bits per heavy atom. The second-order valence-corrected chi connectivity index (χ2v) is 2.53.